The average molecular weight is 326 g/mol. The van der Waals surface area contributed by atoms with Crippen molar-refractivity contribution in [3.05, 3.63) is 45.1 Å². The molecule has 3 nitrogen and oxygen atoms in total. The standard InChI is InChI=1S/C13H10BrF2N3/c1-6-7(2)19(13(18)9(6)5-17)12-10(15)3-8(14)4-11(12)16/h3-4H,18H2,1-2H3. The fourth-order valence-electron chi connectivity index (χ4n) is 2.01. The van der Waals surface area contributed by atoms with Crippen LogP contribution in [0, 0.1) is 36.8 Å². The van der Waals surface area contributed by atoms with Crippen LogP contribution in [-0.4, -0.2) is 4.57 Å². The molecule has 2 N–H and O–H groups in total. The van der Waals surface area contributed by atoms with Gasteiger partial charge in [-0.1, -0.05) is 15.9 Å². The van der Waals surface area contributed by atoms with Crippen LogP contribution in [0.1, 0.15) is 16.8 Å². The van der Waals surface area contributed by atoms with Crippen molar-refractivity contribution >= 4 is 21.7 Å². The number of nitrogen functional groups attached to an aromatic ring is 1. The molecule has 1 heterocycles. The molecule has 0 saturated heterocycles. The minimum Gasteiger partial charge on any atom is -0.384 e. The molecule has 1 aromatic carbocycles. The van der Waals surface area contributed by atoms with Crippen LogP contribution in [0.3, 0.4) is 0 Å². The average Bonchev–Trinajstić information content (AvgIpc) is 2.52. The van der Waals surface area contributed by atoms with Crippen molar-refractivity contribution in [3.8, 4) is 11.8 Å². The number of nitrogens with zero attached hydrogens (tertiary/aromatic N) is 2. The zero-order chi connectivity index (χ0) is 14.3. The van der Waals surface area contributed by atoms with Gasteiger partial charge < -0.3 is 5.73 Å². The molecular formula is C13H10BrF2N3. The Balaban J connectivity index is 2.85. The Bertz CT molecular complexity index is 691. The smallest absolute Gasteiger partial charge is 0.151 e. The van der Waals surface area contributed by atoms with Gasteiger partial charge in [0.25, 0.3) is 0 Å². The van der Waals surface area contributed by atoms with Gasteiger partial charge in [-0.25, -0.2) is 8.78 Å². The molecule has 0 fully saturated rings. The predicted molar refractivity (Wildman–Crippen MR) is 72.0 cm³/mol. The number of anilines is 1. The second-order valence-electron chi connectivity index (χ2n) is 4.14. The predicted octanol–water partition coefficient (Wildman–Crippen LogP) is 3.59. The summed E-state index contributed by atoms with van der Waals surface area (Å²) in [4.78, 5) is 0. The third kappa shape index (κ3) is 2.00. The molecule has 0 bridgehead atoms. The van der Waals surface area contributed by atoms with E-state index in [9.17, 15) is 8.78 Å². The van der Waals surface area contributed by atoms with E-state index in [1.54, 1.807) is 13.8 Å². The minimum atomic E-state index is -0.749. The summed E-state index contributed by atoms with van der Waals surface area (Å²) in [5.41, 5.74) is 6.93. The van der Waals surface area contributed by atoms with Crippen LogP contribution in [0.25, 0.3) is 5.69 Å². The van der Waals surface area contributed by atoms with E-state index in [1.807, 2.05) is 6.07 Å². The monoisotopic (exact) mass is 325 g/mol. The highest BCUT2D eigenvalue weighted by atomic mass is 79.9. The van der Waals surface area contributed by atoms with Crippen LogP contribution in [0.15, 0.2) is 16.6 Å². The molecule has 2 aromatic rings. The SMILES string of the molecule is Cc1c(C#N)c(N)n(-c2c(F)cc(Br)cc2F)c1C. The Hall–Kier alpha value is -1.87. The van der Waals surface area contributed by atoms with E-state index in [4.69, 9.17) is 11.0 Å². The van der Waals surface area contributed by atoms with Gasteiger partial charge in [0, 0.05) is 10.2 Å². The first-order valence-electron chi connectivity index (χ1n) is 5.40. The van der Waals surface area contributed by atoms with E-state index in [2.05, 4.69) is 15.9 Å². The lowest BCUT2D eigenvalue weighted by Gasteiger charge is -2.11. The first-order chi connectivity index (χ1) is 8.88. The molecule has 6 heteroatoms. The number of benzene rings is 1. The normalized spacial score (nSPS) is 10.5. The van der Waals surface area contributed by atoms with E-state index in [1.165, 1.54) is 4.57 Å². The molecule has 0 atom stereocenters. The summed E-state index contributed by atoms with van der Waals surface area (Å²) < 4.78 is 29.5. The van der Waals surface area contributed by atoms with Crippen molar-refractivity contribution in [1.29, 1.82) is 5.26 Å². The Kier molecular flexibility index (Phi) is 3.33. The molecule has 0 unspecified atom stereocenters. The van der Waals surface area contributed by atoms with Crippen LogP contribution < -0.4 is 5.73 Å². The molecular weight excluding hydrogens is 316 g/mol. The van der Waals surface area contributed by atoms with Crippen molar-refractivity contribution in [1.82, 2.24) is 4.57 Å². The van der Waals surface area contributed by atoms with E-state index in [-0.39, 0.29) is 17.1 Å². The minimum absolute atomic E-state index is 0.0395. The molecule has 0 amide bonds. The van der Waals surface area contributed by atoms with Crippen LogP contribution in [0.5, 0.6) is 0 Å². The number of nitrogens with two attached hydrogens (primary N) is 1. The van der Waals surface area contributed by atoms with Gasteiger partial charge in [0.05, 0.1) is 5.56 Å². The highest BCUT2D eigenvalue weighted by Crippen LogP contribution is 2.31. The number of rotatable bonds is 1. The van der Waals surface area contributed by atoms with Gasteiger partial charge in [-0.05, 0) is 31.5 Å². The molecule has 19 heavy (non-hydrogen) atoms. The van der Waals surface area contributed by atoms with Gasteiger partial charge >= 0.3 is 0 Å². The lowest BCUT2D eigenvalue weighted by atomic mass is 10.2. The molecule has 98 valence electrons. The van der Waals surface area contributed by atoms with Crippen molar-refractivity contribution in [2.24, 2.45) is 0 Å². The van der Waals surface area contributed by atoms with Gasteiger partial charge in [0.1, 0.15) is 17.6 Å². The van der Waals surface area contributed by atoms with E-state index < -0.39 is 11.6 Å². The van der Waals surface area contributed by atoms with Crippen LogP contribution in [-0.2, 0) is 0 Å². The van der Waals surface area contributed by atoms with Gasteiger partial charge in [-0.2, -0.15) is 5.26 Å². The zero-order valence-corrected chi connectivity index (χ0v) is 11.8. The molecule has 2 rings (SSSR count). The van der Waals surface area contributed by atoms with Crippen LogP contribution in [0.2, 0.25) is 0 Å². The maximum absolute atomic E-state index is 14.0. The Morgan fingerprint density at radius 1 is 1.26 bits per heavy atom. The lowest BCUT2D eigenvalue weighted by molar-refractivity contribution is 0.567. The summed E-state index contributed by atoms with van der Waals surface area (Å²) >= 11 is 3.02. The second kappa shape index (κ2) is 4.67. The molecule has 0 saturated carbocycles. The van der Waals surface area contributed by atoms with Gasteiger partial charge in [-0.15, -0.1) is 0 Å². The summed E-state index contributed by atoms with van der Waals surface area (Å²) in [5.74, 6) is -1.46. The lowest BCUT2D eigenvalue weighted by Crippen LogP contribution is -2.07. The maximum atomic E-state index is 14.0. The fourth-order valence-corrected chi connectivity index (χ4v) is 2.41. The highest BCUT2D eigenvalue weighted by Gasteiger charge is 2.21. The maximum Gasteiger partial charge on any atom is 0.151 e. The summed E-state index contributed by atoms with van der Waals surface area (Å²) in [6.07, 6.45) is 0. The van der Waals surface area contributed by atoms with E-state index >= 15 is 0 Å². The first-order valence-corrected chi connectivity index (χ1v) is 6.20. The Morgan fingerprint density at radius 3 is 2.21 bits per heavy atom. The number of hydrogen-bond acceptors (Lipinski definition) is 2. The number of hydrogen-bond donors (Lipinski definition) is 1. The van der Waals surface area contributed by atoms with Crippen molar-refractivity contribution in [3.63, 3.8) is 0 Å². The molecule has 0 spiro atoms. The summed E-state index contributed by atoms with van der Waals surface area (Å²) in [6, 6.07) is 4.25. The summed E-state index contributed by atoms with van der Waals surface area (Å²) in [5, 5.41) is 9.03. The van der Waals surface area contributed by atoms with Crippen molar-refractivity contribution in [2.45, 2.75) is 13.8 Å². The van der Waals surface area contributed by atoms with Gasteiger partial charge in [0.15, 0.2) is 11.6 Å². The molecule has 0 aliphatic rings. The molecule has 0 aliphatic heterocycles. The summed E-state index contributed by atoms with van der Waals surface area (Å²) in [6.45, 7) is 3.35. The molecule has 0 radical (unpaired) electrons. The third-order valence-corrected chi connectivity index (χ3v) is 3.53. The number of halogens is 3. The number of aromatic nitrogens is 1. The highest BCUT2D eigenvalue weighted by molar-refractivity contribution is 9.10. The third-order valence-electron chi connectivity index (χ3n) is 3.07. The largest absolute Gasteiger partial charge is 0.384 e. The van der Waals surface area contributed by atoms with Crippen molar-refractivity contribution < 1.29 is 8.78 Å². The van der Waals surface area contributed by atoms with Crippen LogP contribution in [0.4, 0.5) is 14.6 Å². The topological polar surface area (TPSA) is 54.7 Å². The fraction of sp³-hybridized carbons (Fsp3) is 0.154. The van der Waals surface area contributed by atoms with E-state index in [0.29, 0.717) is 15.7 Å². The molecule has 1 aromatic heterocycles. The Labute approximate surface area is 117 Å². The van der Waals surface area contributed by atoms with E-state index in [0.717, 1.165) is 12.1 Å². The molecule has 0 aliphatic carbocycles. The Morgan fingerprint density at radius 2 is 1.79 bits per heavy atom. The van der Waals surface area contributed by atoms with Gasteiger partial charge in [-0.3, -0.25) is 4.57 Å². The second-order valence-corrected chi connectivity index (χ2v) is 5.05. The quantitative estimate of drug-likeness (QED) is 0.871. The van der Waals surface area contributed by atoms with Crippen molar-refractivity contribution in [2.75, 3.05) is 5.73 Å². The zero-order valence-electron chi connectivity index (χ0n) is 10.3. The van der Waals surface area contributed by atoms with Crippen LogP contribution >= 0.6 is 15.9 Å². The number of nitriles is 1. The summed E-state index contributed by atoms with van der Waals surface area (Å²) in [7, 11) is 0. The first kappa shape index (κ1) is 13.6. The van der Waals surface area contributed by atoms with Gasteiger partial charge in [0.2, 0.25) is 0 Å².